The Kier molecular flexibility index (Phi) is 3.09. The van der Waals surface area contributed by atoms with Crippen molar-refractivity contribution in [2.75, 3.05) is 12.4 Å². The molecule has 0 aliphatic rings. The van der Waals surface area contributed by atoms with E-state index in [1.165, 1.54) is 7.11 Å². The smallest absolute Gasteiger partial charge is 0.261 e. The number of imidazole rings is 1. The highest BCUT2D eigenvalue weighted by atomic mass is 16.5. The summed E-state index contributed by atoms with van der Waals surface area (Å²) in [7, 11) is 1.54. The lowest BCUT2D eigenvalue weighted by Crippen LogP contribution is -2.15. The number of anilines is 1. The minimum Gasteiger partial charge on any atom is -0.496 e. The molecule has 2 aromatic heterocycles. The van der Waals surface area contributed by atoms with Crippen LogP contribution < -0.4 is 10.1 Å². The van der Waals surface area contributed by atoms with E-state index in [-0.39, 0.29) is 5.91 Å². The highest BCUT2D eigenvalue weighted by Crippen LogP contribution is 2.19. The Morgan fingerprint density at radius 1 is 1.20 bits per heavy atom. The molecule has 5 heteroatoms. The predicted molar refractivity (Wildman–Crippen MR) is 76.1 cm³/mol. The molecule has 0 saturated carbocycles. The van der Waals surface area contributed by atoms with Gasteiger partial charge in [0, 0.05) is 6.20 Å². The maximum atomic E-state index is 12.3. The van der Waals surface area contributed by atoms with E-state index in [4.69, 9.17) is 4.74 Å². The number of nitrogens with one attached hydrogen (secondary N) is 1. The molecule has 20 heavy (non-hydrogen) atoms. The third kappa shape index (κ3) is 2.09. The Balaban J connectivity index is 1.93. The summed E-state index contributed by atoms with van der Waals surface area (Å²) in [4.78, 5) is 16.5. The summed E-state index contributed by atoms with van der Waals surface area (Å²) in [6.45, 7) is 0. The van der Waals surface area contributed by atoms with Crippen LogP contribution in [0.4, 0.5) is 5.95 Å². The number of rotatable bonds is 3. The monoisotopic (exact) mass is 267 g/mol. The van der Waals surface area contributed by atoms with Gasteiger partial charge >= 0.3 is 0 Å². The average molecular weight is 267 g/mol. The van der Waals surface area contributed by atoms with Gasteiger partial charge in [0.25, 0.3) is 5.91 Å². The van der Waals surface area contributed by atoms with Crippen molar-refractivity contribution in [2.45, 2.75) is 0 Å². The number of hydrogen-bond acceptors (Lipinski definition) is 3. The zero-order chi connectivity index (χ0) is 13.9. The number of methoxy groups -OCH3 is 1. The number of pyridine rings is 1. The normalized spacial score (nSPS) is 10.4. The first kappa shape index (κ1) is 12.2. The molecule has 0 aliphatic carbocycles. The molecule has 1 N–H and O–H groups in total. The van der Waals surface area contributed by atoms with Gasteiger partial charge in [-0.2, -0.15) is 0 Å². The van der Waals surface area contributed by atoms with Gasteiger partial charge < -0.3 is 4.74 Å². The number of aromatic nitrogens is 2. The number of amides is 1. The minimum absolute atomic E-state index is 0.251. The van der Waals surface area contributed by atoms with Crippen molar-refractivity contribution in [3.05, 3.63) is 60.4 Å². The number of benzene rings is 1. The predicted octanol–water partition coefficient (Wildman–Crippen LogP) is 2.60. The van der Waals surface area contributed by atoms with Crippen molar-refractivity contribution < 1.29 is 9.53 Å². The van der Waals surface area contributed by atoms with E-state index < -0.39 is 0 Å². The number of carbonyl (C=O) groups is 1. The number of carbonyl (C=O) groups excluding carboxylic acids is 1. The molecular weight excluding hydrogens is 254 g/mol. The van der Waals surface area contributed by atoms with Crippen LogP contribution in [-0.4, -0.2) is 22.4 Å². The van der Waals surface area contributed by atoms with Crippen molar-refractivity contribution in [3.63, 3.8) is 0 Å². The van der Waals surface area contributed by atoms with Gasteiger partial charge in [0.2, 0.25) is 5.95 Å². The van der Waals surface area contributed by atoms with Crippen LogP contribution in [0.3, 0.4) is 0 Å². The quantitative estimate of drug-likeness (QED) is 0.793. The summed E-state index contributed by atoms with van der Waals surface area (Å²) in [5.74, 6) is 0.765. The third-order valence-corrected chi connectivity index (χ3v) is 3.02. The highest BCUT2D eigenvalue weighted by Gasteiger charge is 2.13. The average Bonchev–Trinajstić information content (AvgIpc) is 2.90. The van der Waals surface area contributed by atoms with E-state index in [0.29, 0.717) is 17.3 Å². The number of nitrogens with zero attached hydrogens (tertiary/aromatic N) is 2. The lowest BCUT2D eigenvalue weighted by molar-refractivity contribution is 0.102. The Morgan fingerprint density at radius 3 is 2.85 bits per heavy atom. The van der Waals surface area contributed by atoms with Crippen LogP contribution in [0.5, 0.6) is 5.75 Å². The number of fused-ring (bicyclic) bond motifs is 1. The van der Waals surface area contributed by atoms with E-state index in [1.807, 2.05) is 34.9 Å². The molecule has 5 nitrogen and oxygen atoms in total. The van der Waals surface area contributed by atoms with E-state index in [9.17, 15) is 4.79 Å². The fourth-order valence-corrected chi connectivity index (χ4v) is 2.04. The molecule has 0 spiro atoms. The second-order valence-electron chi connectivity index (χ2n) is 4.23. The number of para-hydroxylation sites is 1. The van der Waals surface area contributed by atoms with Crippen LogP contribution in [0.1, 0.15) is 10.4 Å². The van der Waals surface area contributed by atoms with Crippen LogP contribution >= 0.6 is 0 Å². The first-order valence-corrected chi connectivity index (χ1v) is 6.16. The molecule has 0 unspecified atom stereocenters. The van der Waals surface area contributed by atoms with E-state index in [1.54, 1.807) is 24.4 Å². The van der Waals surface area contributed by atoms with E-state index in [0.717, 1.165) is 5.52 Å². The topological polar surface area (TPSA) is 55.6 Å². The summed E-state index contributed by atoms with van der Waals surface area (Å²) in [6.07, 6.45) is 3.55. The number of ether oxygens (including phenoxy) is 1. The largest absolute Gasteiger partial charge is 0.496 e. The fourth-order valence-electron chi connectivity index (χ4n) is 2.04. The van der Waals surface area contributed by atoms with Crippen molar-refractivity contribution in [1.29, 1.82) is 0 Å². The van der Waals surface area contributed by atoms with Gasteiger partial charge in [0.1, 0.15) is 5.75 Å². The third-order valence-electron chi connectivity index (χ3n) is 3.02. The van der Waals surface area contributed by atoms with Gasteiger partial charge in [-0.3, -0.25) is 14.5 Å². The molecule has 3 rings (SSSR count). The van der Waals surface area contributed by atoms with Crippen LogP contribution in [-0.2, 0) is 0 Å². The maximum absolute atomic E-state index is 12.3. The van der Waals surface area contributed by atoms with Crippen LogP contribution in [0.2, 0.25) is 0 Å². The molecule has 0 bridgehead atoms. The molecule has 0 radical (unpaired) electrons. The van der Waals surface area contributed by atoms with Gasteiger partial charge in [-0.15, -0.1) is 0 Å². The Hall–Kier alpha value is -2.82. The van der Waals surface area contributed by atoms with Crippen LogP contribution in [0, 0.1) is 0 Å². The zero-order valence-corrected chi connectivity index (χ0v) is 10.9. The van der Waals surface area contributed by atoms with Gasteiger partial charge in [0.15, 0.2) is 0 Å². The molecule has 1 aromatic carbocycles. The molecule has 1 amide bonds. The summed E-state index contributed by atoms with van der Waals surface area (Å²) < 4.78 is 7.00. The maximum Gasteiger partial charge on any atom is 0.261 e. The highest BCUT2D eigenvalue weighted by molar-refractivity contribution is 6.05. The minimum atomic E-state index is -0.251. The molecule has 3 aromatic rings. The number of hydrogen-bond donors (Lipinski definition) is 1. The summed E-state index contributed by atoms with van der Waals surface area (Å²) in [6, 6.07) is 12.8. The first-order chi connectivity index (χ1) is 9.79. The van der Waals surface area contributed by atoms with E-state index in [2.05, 4.69) is 10.3 Å². The van der Waals surface area contributed by atoms with Crippen LogP contribution in [0.15, 0.2) is 54.9 Å². The Labute approximate surface area is 115 Å². The molecule has 0 aliphatic heterocycles. The van der Waals surface area contributed by atoms with Crippen molar-refractivity contribution in [2.24, 2.45) is 0 Å². The van der Waals surface area contributed by atoms with Gasteiger partial charge in [-0.1, -0.05) is 18.2 Å². The van der Waals surface area contributed by atoms with Gasteiger partial charge in [-0.05, 0) is 24.3 Å². The molecule has 100 valence electrons. The first-order valence-electron chi connectivity index (χ1n) is 6.16. The molecular formula is C15H13N3O2. The van der Waals surface area contributed by atoms with Crippen molar-refractivity contribution in [3.8, 4) is 5.75 Å². The summed E-state index contributed by atoms with van der Waals surface area (Å²) in [5.41, 5.74) is 1.39. The summed E-state index contributed by atoms with van der Waals surface area (Å²) >= 11 is 0. The second-order valence-corrected chi connectivity index (χ2v) is 4.23. The lowest BCUT2D eigenvalue weighted by Gasteiger charge is -2.08. The van der Waals surface area contributed by atoms with Gasteiger partial charge in [-0.25, -0.2) is 4.98 Å². The molecule has 0 fully saturated rings. The summed E-state index contributed by atoms with van der Waals surface area (Å²) in [5, 5.41) is 2.79. The van der Waals surface area contributed by atoms with E-state index >= 15 is 0 Å². The zero-order valence-electron chi connectivity index (χ0n) is 10.9. The molecule has 0 saturated heterocycles. The Morgan fingerprint density at radius 2 is 2.00 bits per heavy atom. The van der Waals surface area contributed by atoms with Gasteiger partial charge in [0.05, 0.1) is 24.4 Å². The Bertz CT molecular complexity index is 764. The standard InChI is InChI=1S/C15H13N3O2/c1-20-13-8-3-2-7-12(13)14(19)17-15-16-10-11-6-4-5-9-18(11)15/h2-10H,1H3,(H,16,17,19). The lowest BCUT2D eigenvalue weighted by atomic mass is 10.2. The fraction of sp³-hybridized carbons (Fsp3) is 0.0667. The molecule has 0 atom stereocenters. The van der Waals surface area contributed by atoms with Crippen molar-refractivity contribution >= 4 is 17.4 Å². The second kappa shape index (κ2) is 5.05. The van der Waals surface area contributed by atoms with Crippen LogP contribution in [0.25, 0.3) is 5.52 Å². The molecule has 2 heterocycles. The SMILES string of the molecule is COc1ccccc1C(=O)Nc1ncc2ccccn12. The van der Waals surface area contributed by atoms with Crippen molar-refractivity contribution in [1.82, 2.24) is 9.38 Å².